The van der Waals surface area contributed by atoms with Crippen LogP contribution in [0.25, 0.3) is 0 Å². The number of aromatic nitrogens is 3. The molecule has 0 amide bonds. The number of hydrogen-bond acceptors (Lipinski definition) is 5. The molecule has 0 bridgehead atoms. The van der Waals surface area contributed by atoms with Gasteiger partial charge in [0.1, 0.15) is 6.10 Å². The number of hydrogen-bond donors (Lipinski definition) is 0. The number of esters is 1. The van der Waals surface area contributed by atoms with Crippen molar-refractivity contribution in [3.8, 4) is 0 Å². The van der Waals surface area contributed by atoms with Crippen molar-refractivity contribution in [1.29, 1.82) is 0 Å². The molecule has 6 nitrogen and oxygen atoms in total. The number of aryl methyl sites for hydroxylation is 1. The fourth-order valence-electron chi connectivity index (χ4n) is 2.25. The van der Waals surface area contributed by atoms with Gasteiger partial charge in [0.15, 0.2) is 5.69 Å². The van der Waals surface area contributed by atoms with Gasteiger partial charge < -0.3 is 9.47 Å². The van der Waals surface area contributed by atoms with Crippen LogP contribution in [0.5, 0.6) is 0 Å². The van der Waals surface area contributed by atoms with Crippen molar-refractivity contribution in [3.05, 3.63) is 46.8 Å². The molecule has 1 atom stereocenters. The Balaban J connectivity index is 1.84. The minimum atomic E-state index is -0.483. The lowest BCUT2D eigenvalue weighted by molar-refractivity contribution is -0.00220. The average molecular weight is 273 g/mol. The molecular weight excluding hydrogens is 258 g/mol. The zero-order valence-corrected chi connectivity index (χ0v) is 11.4. The fourth-order valence-corrected chi connectivity index (χ4v) is 2.25. The summed E-state index contributed by atoms with van der Waals surface area (Å²) in [7, 11) is 1.33. The Morgan fingerprint density at radius 3 is 2.85 bits per heavy atom. The first-order valence-corrected chi connectivity index (χ1v) is 6.38. The van der Waals surface area contributed by atoms with Crippen molar-refractivity contribution >= 4 is 5.97 Å². The van der Waals surface area contributed by atoms with E-state index in [0.717, 1.165) is 5.56 Å². The number of carbonyl (C=O) groups excluding carboxylic acids is 1. The SMILES string of the molecule is COC(=O)c1nnn2c1CO[C@H](c1ccc(C)cc1)C2. The van der Waals surface area contributed by atoms with Crippen molar-refractivity contribution in [1.82, 2.24) is 15.0 Å². The van der Waals surface area contributed by atoms with Crippen LogP contribution in [0.2, 0.25) is 0 Å². The summed E-state index contributed by atoms with van der Waals surface area (Å²) in [6.45, 7) is 2.89. The van der Waals surface area contributed by atoms with Gasteiger partial charge in [-0.3, -0.25) is 0 Å². The molecule has 0 saturated heterocycles. The summed E-state index contributed by atoms with van der Waals surface area (Å²) in [5.41, 5.74) is 3.20. The van der Waals surface area contributed by atoms with E-state index in [2.05, 4.69) is 27.2 Å². The largest absolute Gasteiger partial charge is 0.464 e. The predicted octanol–water partition coefficient (Wildman–Crippen LogP) is 1.64. The molecule has 0 unspecified atom stereocenters. The van der Waals surface area contributed by atoms with Crippen LogP contribution in [0.1, 0.15) is 33.4 Å². The van der Waals surface area contributed by atoms with Gasteiger partial charge in [0.25, 0.3) is 0 Å². The second-order valence-corrected chi connectivity index (χ2v) is 4.77. The van der Waals surface area contributed by atoms with E-state index in [0.29, 0.717) is 18.8 Å². The molecule has 1 aromatic heterocycles. The molecule has 0 spiro atoms. The monoisotopic (exact) mass is 273 g/mol. The van der Waals surface area contributed by atoms with E-state index in [1.807, 2.05) is 19.1 Å². The molecule has 0 N–H and O–H groups in total. The average Bonchev–Trinajstić information content (AvgIpc) is 2.90. The summed E-state index contributed by atoms with van der Waals surface area (Å²) in [4.78, 5) is 11.5. The molecule has 2 aromatic rings. The van der Waals surface area contributed by atoms with E-state index in [-0.39, 0.29) is 11.8 Å². The van der Waals surface area contributed by atoms with Gasteiger partial charge in [-0.15, -0.1) is 5.10 Å². The summed E-state index contributed by atoms with van der Waals surface area (Å²) in [5.74, 6) is -0.483. The molecule has 1 aliphatic rings. The molecule has 104 valence electrons. The highest BCUT2D eigenvalue weighted by molar-refractivity contribution is 5.88. The molecule has 20 heavy (non-hydrogen) atoms. The minimum absolute atomic E-state index is 0.0738. The Bertz CT molecular complexity index is 634. The van der Waals surface area contributed by atoms with E-state index in [1.165, 1.54) is 12.7 Å². The van der Waals surface area contributed by atoms with Crippen molar-refractivity contribution in [2.75, 3.05) is 7.11 Å². The fraction of sp³-hybridized carbons (Fsp3) is 0.357. The standard InChI is InChI=1S/C14H15N3O3/c1-9-3-5-10(6-4-9)12-7-17-11(8-20-12)13(15-16-17)14(18)19-2/h3-6,12H,7-8H2,1-2H3/t12-/m0/s1. The van der Waals surface area contributed by atoms with E-state index in [9.17, 15) is 4.79 Å². The molecule has 0 aliphatic carbocycles. The second-order valence-electron chi connectivity index (χ2n) is 4.77. The van der Waals surface area contributed by atoms with Crippen LogP contribution in [0, 0.1) is 6.92 Å². The van der Waals surface area contributed by atoms with Gasteiger partial charge in [-0.1, -0.05) is 35.0 Å². The highest BCUT2D eigenvalue weighted by Gasteiger charge is 2.27. The normalized spacial score (nSPS) is 17.6. The molecule has 0 fully saturated rings. The maximum absolute atomic E-state index is 11.5. The van der Waals surface area contributed by atoms with E-state index in [1.54, 1.807) is 4.68 Å². The van der Waals surface area contributed by atoms with Crippen molar-refractivity contribution in [3.63, 3.8) is 0 Å². The Morgan fingerprint density at radius 1 is 1.40 bits per heavy atom. The first kappa shape index (κ1) is 12.8. The highest BCUT2D eigenvalue weighted by atomic mass is 16.5. The molecule has 2 heterocycles. The summed E-state index contributed by atoms with van der Waals surface area (Å²) >= 11 is 0. The maximum atomic E-state index is 11.5. The molecular formula is C14H15N3O3. The summed E-state index contributed by atoms with van der Waals surface area (Å²) < 4.78 is 12.2. The number of nitrogens with zero attached hydrogens (tertiary/aromatic N) is 3. The Labute approximate surface area is 116 Å². The van der Waals surface area contributed by atoms with Gasteiger partial charge >= 0.3 is 5.97 Å². The van der Waals surface area contributed by atoms with Crippen LogP contribution in [0.15, 0.2) is 24.3 Å². The first-order valence-electron chi connectivity index (χ1n) is 6.38. The number of ether oxygens (including phenoxy) is 2. The Kier molecular flexibility index (Phi) is 3.23. The Hall–Kier alpha value is -2.21. The zero-order valence-electron chi connectivity index (χ0n) is 11.4. The Morgan fingerprint density at radius 2 is 2.15 bits per heavy atom. The van der Waals surface area contributed by atoms with Crippen LogP contribution in [-0.2, 0) is 22.6 Å². The molecule has 0 radical (unpaired) electrons. The number of benzene rings is 1. The number of rotatable bonds is 2. The second kappa shape index (κ2) is 5.05. The molecule has 3 rings (SSSR count). The van der Waals surface area contributed by atoms with Crippen molar-refractivity contribution in [2.45, 2.75) is 26.2 Å². The molecule has 0 saturated carbocycles. The summed E-state index contributed by atoms with van der Waals surface area (Å²) in [6.07, 6.45) is -0.0738. The van der Waals surface area contributed by atoms with Crippen LogP contribution in [-0.4, -0.2) is 28.1 Å². The van der Waals surface area contributed by atoms with Crippen molar-refractivity contribution in [2.24, 2.45) is 0 Å². The van der Waals surface area contributed by atoms with Gasteiger partial charge in [0.2, 0.25) is 0 Å². The smallest absolute Gasteiger partial charge is 0.360 e. The number of methoxy groups -OCH3 is 1. The van der Waals surface area contributed by atoms with Crippen LogP contribution < -0.4 is 0 Å². The molecule has 1 aliphatic heterocycles. The first-order chi connectivity index (χ1) is 9.69. The summed E-state index contributed by atoms with van der Waals surface area (Å²) in [6, 6.07) is 8.19. The van der Waals surface area contributed by atoms with E-state index in [4.69, 9.17) is 4.74 Å². The highest BCUT2D eigenvalue weighted by Crippen LogP contribution is 2.27. The van der Waals surface area contributed by atoms with Gasteiger partial charge in [0.05, 0.1) is 26.0 Å². The third-order valence-electron chi connectivity index (χ3n) is 3.43. The van der Waals surface area contributed by atoms with Gasteiger partial charge in [-0.2, -0.15) is 0 Å². The third kappa shape index (κ3) is 2.18. The summed E-state index contributed by atoms with van der Waals surface area (Å²) in [5, 5.41) is 7.87. The van der Waals surface area contributed by atoms with Crippen LogP contribution in [0.4, 0.5) is 0 Å². The zero-order chi connectivity index (χ0) is 14.1. The lowest BCUT2D eigenvalue weighted by atomic mass is 10.1. The quantitative estimate of drug-likeness (QED) is 0.778. The molecule has 6 heteroatoms. The van der Waals surface area contributed by atoms with Crippen LogP contribution >= 0.6 is 0 Å². The van der Waals surface area contributed by atoms with Crippen LogP contribution in [0.3, 0.4) is 0 Å². The topological polar surface area (TPSA) is 66.2 Å². The number of carbonyl (C=O) groups is 1. The number of fused-ring (bicyclic) bond motifs is 1. The van der Waals surface area contributed by atoms with E-state index < -0.39 is 5.97 Å². The van der Waals surface area contributed by atoms with E-state index >= 15 is 0 Å². The predicted molar refractivity (Wildman–Crippen MR) is 70.1 cm³/mol. The van der Waals surface area contributed by atoms with Gasteiger partial charge in [-0.25, -0.2) is 9.48 Å². The molecule has 1 aromatic carbocycles. The minimum Gasteiger partial charge on any atom is -0.464 e. The maximum Gasteiger partial charge on any atom is 0.360 e. The third-order valence-corrected chi connectivity index (χ3v) is 3.43. The van der Waals surface area contributed by atoms with Crippen molar-refractivity contribution < 1.29 is 14.3 Å². The lowest BCUT2D eigenvalue weighted by Crippen LogP contribution is -2.23. The van der Waals surface area contributed by atoms with Gasteiger partial charge in [-0.05, 0) is 12.5 Å². The van der Waals surface area contributed by atoms with Gasteiger partial charge in [0, 0.05) is 0 Å². The lowest BCUT2D eigenvalue weighted by Gasteiger charge is -2.24.